The Morgan fingerprint density at radius 2 is 2.18 bits per heavy atom. The molecular weight excluding hydrogens is 239 g/mol. The Kier molecular flexibility index (Phi) is 4.21. The Morgan fingerprint density at radius 1 is 1.47 bits per heavy atom. The van der Waals surface area contributed by atoms with Crippen molar-refractivity contribution in [2.75, 3.05) is 18.0 Å². The largest absolute Gasteiger partial charge is 0.356 e. The zero-order chi connectivity index (χ0) is 12.3. The Balaban J connectivity index is 2.12. The third kappa shape index (κ3) is 2.89. The second-order valence-electron chi connectivity index (χ2n) is 4.61. The molecule has 0 saturated carbocycles. The molecule has 0 bridgehead atoms. The van der Waals surface area contributed by atoms with E-state index >= 15 is 0 Å². The van der Waals surface area contributed by atoms with Gasteiger partial charge in [0.1, 0.15) is 11.6 Å². The first kappa shape index (κ1) is 12.6. The van der Waals surface area contributed by atoms with Gasteiger partial charge in [-0.3, -0.25) is 0 Å². The maximum atomic E-state index is 13.1. The second-order valence-corrected chi connectivity index (χ2v) is 4.88. The molecule has 4 heteroatoms. The van der Waals surface area contributed by atoms with E-state index in [-0.39, 0.29) is 5.82 Å². The van der Waals surface area contributed by atoms with E-state index in [4.69, 9.17) is 11.6 Å². The molecule has 1 aromatic rings. The lowest BCUT2D eigenvalue weighted by Crippen LogP contribution is -2.34. The average molecular weight is 257 g/mol. The van der Waals surface area contributed by atoms with E-state index in [9.17, 15) is 4.39 Å². The standard InChI is InChI=1S/C13H18ClFN2/c1-2-10-3-5-17(6-4-10)13-11(8-14)7-12(15)9-16-13/h7,9-10H,2-6,8H2,1H3. The number of hydrogen-bond acceptors (Lipinski definition) is 2. The van der Waals surface area contributed by atoms with Gasteiger partial charge in [0.15, 0.2) is 0 Å². The third-order valence-corrected chi connectivity index (χ3v) is 3.83. The normalized spacial score (nSPS) is 17.5. The van der Waals surface area contributed by atoms with Crippen LogP contribution in [0.25, 0.3) is 0 Å². The highest BCUT2D eigenvalue weighted by Gasteiger charge is 2.20. The molecule has 2 heterocycles. The van der Waals surface area contributed by atoms with E-state index in [0.717, 1.165) is 30.4 Å². The van der Waals surface area contributed by atoms with E-state index in [1.54, 1.807) is 0 Å². The molecule has 1 aliphatic rings. The molecule has 0 unspecified atom stereocenters. The van der Waals surface area contributed by atoms with Crippen LogP contribution in [0.3, 0.4) is 0 Å². The second kappa shape index (κ2) is 5.67. The van der Waals surface area contributed by atoms with E-state index in [1.165, 1.54) is 31.5 Å². The molecule has 1 fully saturated rings. The minimum Gasteiger partial charge on any atom is -0.356 e. The summed E-state index contributed by atoms with van der Waals surface area (Å²) in [4.78, 5) is 6.42. The molecule has 0 atom stereocenters. The van der Waals surface area contributed by atoms with Crippen LogP contribution in [0.1, 0.15) is 31.7 Å². The van der Waals surface area contributed by atoms with Crippen LogP contribution in [0.5, 0.6) is 0 Å². The lowest BCUT2D eigenvalue weighted by molar-refractivity contribution is 0.393. The Hall–Kier alpha value is -0.830. The van der Waals surface area contributed by atoms with E-state index in [2.05, 4.69) is 16.8 Å². The first-order valence-electron chi connectivity index (χ1n) is 6.20. The van der Waals surface area contributed by atoms with Gasteiger partial charge in [-0.15, -0.1) is 11.6 Å². The number of halogens is 2. The third-order valence-electron chi connectivity index (χ3n) is 3.54. The van der Waals surface area contributed by atoms with E-state index in [0.29, 0.717) is 5.88 Å². The fourth-order valence-corrected chi connectivity index (χ4v) is 2.61. The van der Waals surface area contributed by atoms with Gasteiger partial charge >= 0.3 is 0 Å². The van der Waals surface area contributed by atoms with Gasteiger partial charge in [-0.1, -0.05) is 13.3 Å². The lowest BCUT2D eigenvalue weighted by atomic mass is 9.94. The number of pyridine rings is 1. The smallest absolute Gasteiger partial charge is 0.141 e. The minimum absolute atomic E-state index is 0.312. The number of alkyl halides is 1. The minimum atomic E-state index is -0.312. The topological polar surface area (TPSA) is 16.1 Å². The van der Waals surface area contributed by atoms with Crippen molar-refractivity contribution in [3.63, 3.8) is 0 Å². The first-order chi connectivity index (χ1) is 8.24. The van der Waals surface area contributed by atoms with Gasteiger partial charge in [-0.25, -0.2) is 9.37 Å². The van der Waals surface area contributed by atoms with Crippen LogP contribution in [0, 0.1) is 11.7 Å². The summed E-state index contributed by atoms with van der Waals surface area (Å²) in [7, 11) is 0. The summed E-state index contributed by atoms with van der Waals surface area (Å²) in [6, 6.07) is 1.49. The molecule has 0 amide bonds. The van der Waals surface area contributed by atoms with Crippen LogP contribution >= 0.6 is 11.6 Å². The van der Waals surface area contributed by atoms with Gasteiger partial charge in [0.25, 0.3) is 0 Å². The van der Waals surface area contributed by atoms with Crippen LogP contribution in [-0.4, -0.2) is 18.1 Å². The van der Waals surface area contributed by atoms with Crippen molar-refractivity contribution in [3.8, 4) is 0 Å². The molecule has 17 heavy (non-hydrogen) atoms. The van der Waals surface area contributed by atoms with Crippen LogP contribution in [0.2, 0.25) is 0 Å². The summed E-state index contributed by atoms with van der Waals surface area (Å²) in [5, 5.41) is 0. The fraction of sp³-hybridized carbons (Fsp3) is 0.615. The van der Waals surface area contributed by atoms with Crippen molar-refractivity contribution in [2.45, 2.75) is 32.1 Å². The summed E-state index contributed by atoms with van der Waals surface area (Å²) < 4.78 is 13.1. The van der Waals surface area contributed by atoms with Crippen molar-refractivity contribution < 1.29 is 4.39 Å². The van der Waals surface area contributed by atoms with Gasteiger partial charge in [0.2, 0.25) is 0 Å². The summed E-state index contributed by atoms with van der Waals surface area (Å²) in [5.41, 5.74) is 0.793. The van der Waals surface area contributed by atoms with Crippen molar-refractivity contribution in [1.82, 2.24) is 4.98 Å². The number of anilines is 1. The molecule has 0 aromatic carbocycles. The van der Waals surface area contributed by atoms with Crippen LogP contribution in [0.4, 0.5) is 10.2 Å². The maximum Gasteiger partial charge on any atom is 0.141 e. The highest BCUT2D eigenvalue weighted by Crippen LogP contribution is 2.27. The average Bonchev–Trinajstić information content (AvgIpc) is 2.39. The number of nitrogens with zero attached hydrogens (tertiary/aromatic N) is 2. The molecule has 94 valence electrons. The van der Waals surface area contributed by atoms with Crippen LogP contribution in [-0.2, 0) is 5.88 Å². The molecule has 0 radical (unpaired) electrons. The van der Waals surface area contributed by atoms with Gasteiger partial charge in [-0.05, 0) is 24.8 Å². The number of rotatable bonds is 3. The molecule has 1 aliphatic heterocycles. The molecule has 1 aromatic heterocycles. The van der Waals surface area contributed by atoms with Gasteiger partial charge < -0.3 is 4.90 Å². The number of piperidine rings is 1. The summed E-state index contributed by atoms with van der Waals surface area (Å²) in [6.45, 7) is 4.24. The molecule has 0 spiro atoms. The van der Waals surface area contributed by atoms with Crippen LogP contribution in [0.15, 0.2) is 12.3 Å². The highest BCUT2D eigenvalue weighted by atomic mass is 35.5. The molecule has 1 saturated heterocycles. The summed E-state index contributed by atoms with van der Waals surface area (Å²) >= 11 is 5.85. The maximum absolute atomic E-state index is 13.1. The van der Waals surface area contributed by atoms with Gasteiger partial charge in [0.05, 0.1) is 12.1 Å². The van der Waals surface area contributed by atoms with E-state index < -0.39 is 0 Å². The van der Waals surface area contributed by atoms with Gasteiger partial charge in [0, 0.05) is 18.7 Å². The van der Waals surface area contributed by atoms with Crippen molar-refractivity contribution in [3.05, 3.63) is 23.6 Å². The van der Waals surface area contributed by atoms with Crippen molar-refractivity contribution in [1.29, 1.82) is 0 Å². The Morgan fingerprint density at radius 3 is 2.76 bits per heavy atom. The molecular formula is C13H18ClFN2. The fourth-order valence-electron chi connectivity index (χ4n) is 2.41. The predicted octanol–water partition coefficient (Wildman–Crippen LogP) is 3.59. The summed E-state index contributed by atoms with van der Waals surface area (Å²) in [5.74, 6) is 1.68. The van der Waals surface area contributed by atoms with Gasteiger partial charge in [-0.2, -0.15) is 0 Å². The first-order valence-corrected chi connectivity index (χ1v) is 6.73. The molecule has 2 nitrogen and oxygen atoms in total. The van der Waals surface area contributed by atoms with Crippen molar-refractivity contribution >= 4 is 17.4 Å². The van der Waals surface area contributed by atoms with E-state index in [1.807, 2.05) is 0 Å². The zero-order valence-electron chi connectivity index (χ0n) is 10.1. The SMILES string of the molecule is CCC1CCN(c2ncc(F)cc2CCl)CC1. The molecule has 0 aliphatic carbocycles. The van der Waals surface area contributed by atoms with Crippen molar-refractivity contribution in [2.24, 2.45) is 5.92 Å². The lowest BCUT2D eigenvalue weighted by Gasteiger charge is -2.33. The highest BCUT2D eigenvalue weighted by molar-refractivity contribution is 6.17. The summed E-state index contributed by atoms with van der Waals surface area (Å²) in [6.07, 6.45) is 4.90. The monoisotopic (exact) mass is 256 g/mol. The number of hydrogen-bond donors (Lipinski definition) is 0. The molecule has 2 rings (SSSR count). The quantitative estimate of drug-likeness (QED) is 0.769. The van der Waals surface area contributed by atoms with Crippen LogP contribution < -0.4 is 4.90 Å². The predicted molar refractivity (Wildman–Crippen MR) is 69.0 cm³/mol. The zero-order valence-corrected chi connectivity index (χ0v) is 10.9. The Labute approximate surface area is 107 Å². The number of aromatic nitrogens is 1. The molecule has 0 N–H and O–H groups in total. The Bertz CT molecular complexity index is 376.